The van der Waals surface area contributed by atoms with E-state index in [2.05, 4.69) is 66.4 Å². The van der Waals surface area contributed by atoms with Crippen LogP contribution in [0.4, 0.5) is 0 Å². The fourth-order valence-corrected chi connectivity index (χ4v) is 3.78. The number of hydrogen-bond donors (Lipinski definition) is 0. The Morgan fingerprint density at radius 3 is 2.62 bits per heavy atom. The third kappa shape index (κ3) is 2.06. The van der Waals surface area contributed by atoms with Gasteiger partial charge in [-0.05, 0) is 30.0 Å². The Morgan fingerprint density at radius 2 is 1.76 bits per heavy atom. The predicted molar refractivity (Wildman–Crippen MR) is 86.3 cm³/mol. The highest BCUT2D eigenvalue weighted by molar-refractivity contribution is 5.85. The summed E-state index contributed by atoms with van der Waals surface area (Å²) in [5, 5.41) is 0. The molecule has 2 heterocycles. The lowest BCUT2D eigenvalue weighted by atomic mass is 9.98. The molecule has 0 N–H and O–H groups in total. The summed E-state index contributed by atoms with van der Waals surface area (Å²) in [6.07, 6.45) is 2.27. The van der Waals surface area contributed by atoms with Crippen LogP contribution in [0, 0.1) is 0 Å². The van der Waals surface area contributed by atoms with E-state index in [-0.39, 0.29) is 0 Å². The summed E-state index contributed by atoms with van der Waals surface area (Å²) in [4.78, 5) is 7.44. The molecule has 0 aliphatic carbocycles. The summed E-state index contributed by atoms with van der Waals surface area (Å²) >= 11 is 0. The van der Waals surface area contributed by atoms with Gasteiger partial charge in [0.15, 0.2) is 0 Å². The molecular weight excluding hydrogens is 256 g/mol. The van der Waals surface area contributed by atoms with E-state index in [0.29, 0.717) is 12.1 Å². The van der Waals surface area contributed by atoms with Crippen molar-refractivity contribution in [1.82, 2.24) is 4.90 Å². The Morgan fingerprint density at radius 1 is 1.00 bits per heavy atom. The monoisotopic (exact) mass is 276 g/mol. The number of hydrogen-bond acceptors (Lipinski definition) is 2. The van der Waals surface area contributed by atoms with Crippen LogP contribution < -0.4 is 0 Å². The van der Waals surface area contributed by atoms with Crippen LogP contribution >= 0.6 is 0 Å². The summed E-state index contributed by atoms with van der Waals surface area (Å²) in [7, 11) is 0. The SMILES string of the molecule is CC1c2ccccc2CN=C2CCC(c3ccccc3)N21. The second-order valence-corrected chi connectivity index (χ2v) is 5.98. The summed E-state index contributed by atoms with van der Waals surface area (Å²) in [6, 6.07) is 20.5. The first-order valence-corrected chi connectivity index (χ1v) is 7.79. The molecule has 2 heteroatoms. The molecule has 0 bridgehead atoms. The van der Waals surface area contributed by atoms with E-state index in [4.69, 9.17) is 4.99 Å². The third-order valence-electron chi connectivity index (χ3n) is 4.81. The Bertz CT molecular complexity index is 675. The molecular formula is C19H20N2. The Kier molecular flexibility index (Phi) is 3.03. The van der Waals surface area contributed by atoms with Gasteiger partial charge in [0.25, 0.3) is 0 Å². The molecule has 0 spiro atoms. The fraction of sp³-hybridized carbons (Fsp3) is 0.316. The highest BCUT2D eigenvalue weighted by atomic mass is 15.3. The minimum Gasteiger partial charge on any atom is -0.347 e. The van der Waals surface area contributed by atoms with Gasteiger partial charge in [0.05, 0.1) is 18.6 Å². The first-order chi connectivity index (χ1) is 10.3. The molecule has 21 heavy (non-hydrogen) atoms. The van der Waals surface area contributed by atoms with Gasteiger partial charge in [-0.25, -0.2) is 0 Å². The van der Waals surface area contributed by atoms with Crippen LogP contribution in [0.5, 0.6) is 0 Å². The van der Waals surface area contributed by atoms with Crippen molar-refractivity contribution in [3.8, 4) is 0 Å². The van der Waals surface area contributed by atoms with Gasteiger partial charge in [0, 0.05) is 6.42 Å². The molecule has 1 saturated heterocycles. The highest BCUT2D eigenvalue weighted by Gasteiger charge is 2.36. The lowest BCUT2D eigenvalue weighted by Gasteiger charge is -2.33. The zero-order chi connectivity index (χ0) is 14.2. The number of benzene rings is 2. The van der Waals surface area contributed by atoms with E-state index in [1.165, 1.54) is 28.9 Å². The lowest BCUT2D eigenvalue weighted by Crippen LogP contribution is -2.30. The number of aliphatic imine (C=N–C) groups is 1. The lowest BCUT2D eigenvalue weighted by molar-refractivity contribution is 0.277. The quantitative estimate of drug-likeness (QED) is 0.749. The van der Waals surface area contributed by atoms with E-state index in [0.717, 1.165) is 13.0 Å². The second kappa shape index (κ2) is 5.03. The zero-order valence-electron chi connectivity index (χ0n) is 12.4. The van der Waals surface area contributed by atoms with Gasteiger partial charge >= 0.3 is 0 Å². The van der Waals surface area contributed by atoms with Crippen molar-refractivity contribution in [2.24, 2.45) is 4.99 Å². The Labute approximate surface area is 126 Å². The molecule has 2 aromatic carbocycles. The molecule has 0 aromatic heterocycles. The topological polar surface area (TPSA) is 15.6 Å². The van der Waals surface area contributed by atoms with Gasteiger partial charge in [0.2, 0.25) is 0 Å². The fourth-order valence-electron chi connectivity index (χ4n) is 3.78. The molecule has 2 aromatic rings. The number of amidine groups is 1. The van der Waals surface area contributed by atoms with Gasteiger partial charge in [-0.15, -0.1) is 0 Å². The first kappa shape index (κ1) is 12.6. The van der Waals surface area contributed by atoms with Gasteiger partial charge in [-0.3, -0.25) is 4.99 Å². The van der Waals surface area contributed by atoms with Crippen molar-refractivity contribution < 1.29 is 0 Å². The molecule has 2 atom stereocenters. The van der Waals surface area contributed by atoms with E-state index in [1.807, 2.05) is 0 Å². The maximum absolute atomic E-state index is 4.90. The molecule has 2 nitrogen and oxygen atoms in total. The van der Waals surface area contributed by atoms with E-state index in [9.17, 15) is 0 Å². The predicted octanol–water partition coefficient (Wildman–Crippen LogP) is 4.50. The van der Waals surface area contributed by atoms with Crippen molar-refractivity contribution in [2.75, 3.05) is 0 Å². The minimum atomic E-state index is 0.398. The van der Waals surface area contributed by atoms with Crippen molar-refractivity contribution in [3.05, 3.63) is 71.3 Å². The van der Waals surface area contributed by atoms with Crippen LogP contribution in [0.3, 0.4) is 0 Å². The second-order valence-electron chi connectivity index (χ2n) is 5.98. The molecule has 4 rings (SSSR count). The van der Waals surface area contributed by atoms with Crippen LogP contribution in [0.15, 0.2) is 59.6 Å². The van der Waals surface area contributed by atoms with E-state index < -0.39 is 0 Å². The van der Waals surface area contributed by atoms with Gasteiger partial charge in [-0.1, -0.05) is 54.6 Å². The van der Waals surface area contributed by atoms with Crippen molar-refractivity contribution in [1.29, 1.82) is 0 Å². The largest absolute Gasteiger partial charge is 0.347 e. The zero-order valence-corrected chi connectivity index (χ0v) is 12.4. The van der Waals surface area contributed by atoms with E-state index >= 15 is 0 Å². The molecule has 2 unspecified atom stereocenters. The molecule has 2 aliphatic rings. The summed E-state index contributed by atoms with van der Waals surface area (Å²) in [5.74, 6) is 1.28. The number of fused-ring (bicyclic) bond motifs is 2. The highest BCUT2D eigenvalue weighted by Crippen LogP contribution is 2.42. The van der Waals surface area contributed by atoms with Crippen LogP contribution in [-0.2, 0) is 6.54 Å². The van der Waals surface area contributed by atoms with Crippen molar-refractivity contribution >= 4 is 5.84 Å². The van der Waals surface area contributed by atoms with Crippen LogP contribution in [0.25, 0.3) is 0 Å². The third-order valence-corrected chi connectivity index (χ3v) is 4.81. The van der Waals surface area contributed by atoms with Crippen molar-refractivity contribution in [3.63, 3.8) is 0 Å². The minimum absolute atomic E-state index is 0.398. The molecule has 0 amide bonds. The smallest absolute Gasteiger partial charge is 0.100 e. The standard InChI is InChI=1S/C19H20N2/c1-14-17-10-6-5-9-16(17)13-20-19-12-11-18(21(14)19)15-7-3-2-4-8-15/h2-10,14,18H,11-13H2,1H3. The summed E-state index contributed by atoms with van der Waals surface area (Å²) in [5.41, 5.74) is 4.21. The normalized spacial score (nSPS) is 24.0. The number of nitrogens with zero attached hydrogens (tertiary/aromatic N) is 2. The van der Waals surface area contributed by atoms with Crippen LogP contribution in [0.2, 0.25) is 0 Å². The molecule has 2 aliphatic heterocycles. The van der Waals surface area contributed by atoms with Gasteiger partial charge in [0.1, 0.15) is 5.84 Å². The summed E-state index contributed by atoms with van der Waals surface area (Å²) in [6.45, 7) is 3.15. The Balaban J connectivity index is 1.77. The van der Waals surface area contributed by atoms with Gasteiger partial charge < -0.3 is 4.90 Å². The first-order valence-electron chi connectivity index (χ1n) is 7.79. The van der Waals surface area contributed by atoms with Gasteiger partial charge in [-0.2, -0.15) is 0 Å². The van der Waals surface area contributed by atoms with E-state index in [1.54, 1.807) is 0 Å². The average Bonchev–Trinajstić information content (AvgIpc) is 2.91. The van der Waals surface area contributed by atoms with Crippen LogP contribution in [0.1, 0.15) is 48.5 Å². The number of rotatable bonds is 1. The maximum Gasteiger partial charge on any atom is 0.100 e. The maximum atomic E-state index is 4.90. The molecule has 0 saturated carbocycles. The molecule has 106 valence electrons. The average molecular weight is 276 g/mol. The van der Waals surface area contributed by atoms with Crippen molar-refractivity contribution in [2.45, 2.75) is 38.4 Å². The molecule has 0 radical (unpaired) electrons. The van der Waals surface area contributed by atoms with Crippen LogP contribution in [-0.4, -0.2) is 10.7 Å². The Hall–Kier alpha value is -2.09. The summed E-state index contributed by atoms with van der Waals surface area (Å²) < 4.78 is 0. The molecule has 1 fully saturated rings.